The largest absolute Gasteiger partial charge is 0.494 e. The summed E-state index contributed by atoms with van der Waals surface area (Å²) in [4.78, 5) is 17.6. The predicted octanol–water partition coefficient (Wildman–Crippen LogP) is 1.98. The summed E-state index contributed by atoms with van der Waals surface area (Å²) in [6.45, 7) is 0.828. The summed E-state index contributed by atoms with van der Waals surface area (Å²) in [6.07, 6.45) is 10.6. The van der Waals surface area contributed by atoms with E-state index in [0.717, 1.165) is 41.5 Å². The first kappa shape index (κ1) is 17.8. The summed E-state index contributed by atoms with van der Waals surface area (Å²) < 4.78 is 5.78. The molecule has 0 fully saturated rings. The standard InChI is InChI=1S/C19H22N4O3/c20-11-18-22-19(25)6-7-23(18)17-13-21-12-14-10-15(4-5-16(14)17)26-9-3-1-2-8-24/h4-7,10-13,24H,1-3,8-9,20H2,(H,22,25)/b18-11+. The molecule has 0 unspecified atom stereocenters. The molecular weight excluding hydrogens is 332 g/mol. The number of hydrogen-bond donors (Lipinski definition) is 3. The molecule has 7 nitrogen and oxygen atoms in total. The molecule has 0 radical (unpaired) electrons. The summed E-state index contributed by atoms with van der Waals surface area (Å²) in [5, 5.41) is 13.4. The van der Waals surface area contributed by atoms with Gasteiger partial charge in [-0.05, 0) is 37.5 Å². The minimum Gasteiger partial charge on any atom is -0.494 e. The van der Waals surface area contributed by atoms with Crippen LogP contribution >= 0.6 is 0 Å². The zero-order valence-corrected chi connectivity index (χ0v) is 14.4. The highest BCUT2D eigenvalue weighted by Crippen LogP contribution is 2.31. The van der Waals surface area contributed by atoms with Crippen LogP contribution in [-0.2, 0) is 4.79 Å². The van der Waals surface area contributed by atoms with E-state index in [9.17, 15) is 4.79 Å². The fourth-order valence-corrected chi connectivity index (χ4v) is 2.78. The van der Waals surface area contributed by atoms with Gasteiger partial charge in [0.2, 0.25) is 0 Å². The number of rotatable bonds is 7. The van der Waals surface area contributed by atoms with Gasteiger partial charge in [-0.2, -0.15) is 0 Å². The number of fused-ring (bicyclic) bond motifs is 1. The maximum absolute atomic E-state index is 11.5. The number of amides is 1. The first-order chi connectivity index (χ1) is 12.7. The maximum Gasteiger partial charge on any atom is 0.251 e. The molecular formula is C19H22N4O3. The summed E-state index contributed by atoms with van der Waals surface area (Å²) in [5.74, 6) is 1.04. The van der Waals surface area contributed by atoms with Crippen LogP contribution in [0.1, 0.15) is 19.3 Å². The van der Waals surface area contributed by atoms with Crippen LogP contribution in [-0.4, -0.2) is 29.2 Å². The minimum atomic E-state index is -0.219. The molecule has 0 spiro atoms. The lowest BCUT2D eigenvalue weighted by atomic mass is 10.1. The Labute approximate surface area is 151 Å². The minimum absolute atomic E-state index is 0.217. The van der Waals surface area contributed by atoms with Crippen LogP contribution in [0.15, 0.2) is 54.9 Å². The molecule has 0 atom stereocenters. The Balaban J connectivity index is 1.82. The van der Waals surface area contributed by atoms with Crippen molar-refractivity contribution in [3.05, 3.63) is 54.9 Å². The van der Waals surface area contributed by atoms with Crippen LogP contribution in [0.25, 0.3) is 10.8 Å². The molecule has 1 aromatic heterocycles. The van der Waals surface area contributed by atoms with Gasteiger partial charge in [-0.3, -0.25) is 14.7 Å². The number of pyridine rings is 1. The van der Waals surface area contributed by atoms with E-state index in [2.05, 4.69) is 10.3 Å². The van der Waals surface area contributed by atoms with E-state index in [1.54, 1.807) is 23.5 Å². The van der Waals surface area contributed by atoms with Crippen molar-refractivity contribution in [3.63, 3.8) is 0 Å². The lowest BCUT2D eigenvalue weighted by molar-refractivity contribution is -0.116. The fourth-order valence-electron chi connectivity index (χ4n) is 2.78. The van der Waals surface area contributed by atoms with E-state index in [0.29, 0.717) is 12.4 Å². The Bertz CT molecular complexity index is 848. The molecule has 7 heteroatoms. The van der Waals surface area contributed by atoms with Gasteiger partial charge in [0, 0.05) is 42.1 Å². The van der Waals surface area contributed by atoms with E-state index in [4.69, 9.17) is 15.6 Å². The first-order valence-corrected chi connectivity index (χ1v) is 8.54. The number of nitrogens with two attached hydrogens (primary N) is 1. The van der Waals surface area contributed by atoms with E-state index in [-0.39, 0.29) is 12.5 Å². The number of carbonyl (C=O) groups is 1. The number of unbranched alkanes of at least 4 members (excludes halogenated alkanes) is 2. The molecule has 1 amide bonds. The first-order valence-electron chi connectivity index (χ1n) is 8.54. The average molecular weight is 354 g/mol. The van der Waals surface area contributed by atoms with Crippen molar-refractivity contribution in [2.24, 2.45) is 5.73 Å². The molecule has 0 bridgehead atoms. The number of hydrogen-bond acceptors (Lipinski definition) is 6. The van der Waals surface area contributed by atoms with Gasteiger partial charge in [0.25, 0.3) is 5.91 Å². The van der Waals surface area contributed by atoms with Crippen LogP contribution in [0.5, 0.6) is 5.75 Å². The zero-order valence-electron chi connectivity index (χ0n) is 14.4. The molecule has 4 N–H and O–H groups in total. The number of aliphatic hydroxyl groups excluding tert-OH is 1. The highest BCUT2D eigenvalue weighted by Gasteiger charge is 2.18. The molecule has 1 aliphatic heterocycles. The number of ether oxygens (including phenoxy) is 1. The van der Waals surface area contributed by atoms with Gasteiger partial charge >= 0.3 is 0 Å². The van der Waals surface area contributed by atoms with Crippen LogP contribution < -0.4 is 20.7 Å². The number of nitrogens with one attached hydrogen (secondary N) is 1. The number of nitrogens with zero attached hydrogens (tertiary/aromatic N) is 2. The molecule has 2 aromatic rings. The molecule has 26 heavy (non-hydrogen) atoms. The fraction of sp³-hybridized carbons (Fsp3) is 0.263. The zero-order chi connectivity index (χ0) is 18.4. The number of anilines is 1. The van der Waals surface area contributed by atoms with Crippen LogP contribution in [0.2, 0.25) is 0 Å². The van der Waals surface area contributed by atoms with E-state index < -0.39 is 0 Å². The molecule has 3 rings (SSSR count). The molecule has 2 heterocycles. The summed E-state index contributed by atoms with van der Waals surface area (Å²) >= 11 is 0. The molecule has 136 valence electrons. The lowest BCUT2D eigenvalue weighted by Gasteiger charge is -2.27. The summed E-state index contributed by atoms with van der Waals surface area (Å²) in [5.41, 5.74) is 6.45. The third-order valence-corrected chi connectivity index (χ3v) is 4.08. The topological polar surface area (TPSA) is 101 Å². The van der Waals surface area contributed by atoms with Gasteiger partial charge in [-0.1, -0.05) is 0 Å². The Morgan fingerprint density at radius 3 is 2.96 bits per heavy atom. The van der Waals surface area contributed by atoms with Crippen molar-refractivity contribution in [2.75, 3.05) is 18.1 Å². The quantitative estimate of drug-likeness (QED) is 0.658. The van der Waals surface area contributed by atoms with E-state index >= 15 is 0 Å². The lowest BCUT2D eigenvalue weighted by Crippen LogP contribution is -2.36. The Morgan fingerprint density at radius 1 is 1.27 bits per heavy atom. The van der Waals surface area contributed by atoms with Crippen LogP contribution in [0, 0.1) is 0 Å². The van der Waals surface area contributed by atoms with Gasteiger partial charge in [-0.15, -0.1) is 0 Å². The monoisotopic (exact) mass is 354 g/mol. The number of aromatic nitrogens is 1. The number of carbonyl (C=O) groups excluding carboxylic acids is 1. The Kier molecular flexibility index (Phi) is 5.70. The Morgan fingerprint density at radius 2 is 2.15 bits per heavy atom. The average Bonchev–Trinajstić information content (AvgIpc) is 2.67. The van der Waals surface area contributed by atoms with Crippen LogP contribution in [0.3, 0.4) is 0 Å². The van der Waals surface area contributed by atoms with Crippen molar-refractivity contribution in [1.82, 2.24) is 10.3 Å². The van der Waals surface area contributed by atoms with Gasteiger partial charge in [0.05, 0.1) is 18.5 Å². The number of aliphatic hydroxyl groups is 1. The van der Waals surface area contributed by atoms with Gasteiger partial charge in [-0.25, -0.2) is 0 Å². The second-order valence-corrected chi connectivity index (χ2v) is 5.90. The molecule has 0 saturated heterocycles. The van der Waals surface area contributed by atoms with E-state index in [1.807, 2.05) is 18.2 Å². The summed E-state index contributed by atoms with van der Waals surface area (Å²) in [7, 11) is 0. The third-order valence-electron chi connectivity index (χ3n) is 4.08. The molecule has 1 aromatic carbocycles. The third kappa shape index (κ3) is 3.94. The SMILES string of the molecule is N/C=C1\NC(=O)C=CN1c1cncc2cc(OCCCCCO)ccc12. The van der Waals surface area contributed by atoms with Crippen molar-refractivity contribution in [3.8, 4) is 5.75 Å². The Hall–Kier alpha value is -3.06. The van der Waals surface area contributed by atoms with Gasteiger partial charge < -0.3 is 20.9 Å². The second kappa shape index (κ2) is 8.35. The van der Waals surface area contributed by atoms with Crippen molar-refractivity contribution in [1.29, 1.82) is 0 Å². The van der Waals surface area contributed by atoms with Crippen molar-refractivity contribution in [2.45, 2.75) is 19.3 Å². The smallest absolute Gasteiger partial charge is 0.251 e. The predicted molar refractivity (Wildman–Crippen MR) is 100 cm³/mol. The van der Waals surface area contributed by atoms with Gasteiger partial charge in [0.15, 0.2) is 0 Å². The van der Waals surface area contributed by atoms with Crippen molar-refractivity contribution < 1.29 is 14.6 Å². The highest BCUT2D eigenvalue weighted by atomic mass is 16.5. The maximum atomic E-state index is 11.5. The van der Waals surface area contributed by atoms with E-state index in [1.165, 1.54) is 12.3 Å². The highest BCUT2D eigenvalue weighted by molar-refractivity contribution is 5.98. The summed E-state index contributed by atoms with van der Waals surface area (Å²) in [6, 6.07) is 5.82. The molecule has 1 aliphatic rings. The van der Waals surface area contributed by atoms with Crippen molar-refractivity contribution >= 4 is 22.4 Å². The molecule has 0 saturated carbocycles. The molecule has 0 aliphatic carbocycles. The second-order valence-electron chi connectivity index (χ2n) is 5.90. The van der Waals surface area contributed by atoms with Crippen LogP contribution in [0.4, 0.5) is 5.69 Å². The van der Waals surface area contributed by atoms with Gasteiger partial charge in [0.1, 0.15) is 11.6 Å². The number of benzene rings is 1. The normalized spacial score (nSPS) is 15.5.